The van der Waals surface area contributed by atoms with E-state index in [1.54, 1.807) is 35.6 Å². The largest absolute Gasteiger partial charge is 0.410 e. The van der Waals surface area contributed by atoms with Gasteiger partial charge in [0, 0.05) is 25.0 Å². The van der Waals surface area contributed by atoms with E-state index in [0.29, 0.717) is 5.71 Å². The van der Waals surface area contributed by atoms with E-state index in [0.717, 1.165) is 11.3 Å². The molecule has 2 aromatic rings. The Bertz CT molecular complexity index is 475. The zero-order valence-corrected chi connectivity index (χ0v) is 8.20. The molecule has 0 amide bonds. The second kappa shape index (κ2) is 3.91. The van der Waals surface area contributed by atoms with Crippen LogP contribution in [0.2, 0.25) is 0 Å². The van der Waals surface area contributed by atoms with Gasteiger partial charge in [-0.1, -0.05) is 5.16 Å². The second-order valence-corrected chi connectivity index (χ2v) is 3.08. The van der Waals surface area contributed by atoms with Crippen LogP contribution in [0, 0.1) is 0 Å². The lowest BCUT2D eigenvalue weighted by Gasteiger charge is -2.03. The summed E-state index contributed by atoms with van der Waals surface area (Å²) in [5.41, 5.74) is 1.96. The lowest BCUT2D eigenvalue weighted by atomic mass is 10.1. The molecule has 1 N–H and O–H groups in total. The van der Waals surface area contributed by atoms with Gasteiger partial charge in [0.15, 0.2) is 0 Å². The predicted molar refractivity (Wildman–Crippen MR) is 54.9 cm³/mol. The summed E-state index contributed by atoms with van der Waals surface area (Å²) in [6, 6.07) is 3.62. The van der Waals surface area contributed by atoms with E-state index in [-0.39, 0.29) is 0 Å². The van der Waals surface area contributed by atoms with Gasteiger partial charge in [0.1, 0.15) is 5.71 Å². The molecule has 0 radical (unpaired) electrons. The highest BCUT2D eigenvalue weighted by Gasteiger charge is 2.10. The fraction of sp³-hybridized carbons (Fsp3) is 0.100. The molecule has 15 heavy (non-hydrogen) atoms. The lowest BCUT2D eigenvalue weighted by Crippen LogP contribution is -2.08. The van der Waals surface area contributed by atoms with Crippen LogP contribution >= 0.6 is 0 Å². The first-order valence-electron chi connectivity index (χ1n) is 4.42. The monoisotopic (exact) mass is 202 g/mol. The minimum Gasteiger partial charge on any atom is -0.410 e. The maximum absolute atomic E-state index is 8.99. The Morgan fingerprint density at radius 2 is 2.27 bits per heavy atom. The Hall–Kier alpha value is -2.17. The number of imidazole rings is 1. The quantitative estimate of drug-likeness (QED) is 0.449. The third-order valence-electron chi connectivity index (χ3n) is 2.09. The van der Waals surface area contributed by atoms with Crippen LogP contribution in [-0.2, 0) is 7.05 Å². The van der Waals surface area contributed by atoms with Gasteiger partial charge in [-0.2, -0.15) is 0 Å². The fourth-order valence-corrected chi connectivity index (χ4v) is 1.35. The van der Waals surface area contributed by atoms with Gasteiger partial charge in [-0.3, -0.25) is 4.98 Å². The van der Waals surface area contributed by atoms with Crippen molar-refractivity contribution in [3.63, 3.8) is 0 Å². The highest BCUT2D eigenvalue weighted by molar-refractivity contribution is 6.11. The van der Waals surface area contributed by atoms with E-state index < -0.39 is 0 Å². The van der Waals surface area contributed by atoms with Crippen LogP contribution < -0.4 is 0 Å². The fourth-order valence-electron chi connectivity index (χ4n) is 1.35. The molecule has 0 aliphatic carbocycles. The highest BCUT2D eigenvalue weighted by Crippen LogP contribution is 2.08. The van der Waals surface area contributed by atoms with Crippen LogP contribution in [0.1, 0.15) is 11.3 Å². The van der Waals surface area contributed by atoms with Crippen LogP contribution in [-0.4, -0.2) is 25.5 Å². The van der Waals surface area contributed by atoms with Crippen LogP contribution in [0.25, 0.3) is 0 Å². The van der Waals surface area contributed by atoms with Crippen molar-refractivity contribution in [3.8, 4) is 0 Å². The summed E-state index contributed by atoms with van der Waals surface area (Å²) in [4.78, 5) is 7.94. The topological polar surface area (TPSA) is 63.3 Å². The molecule has 2 heterocycles. The molecule has 5 heteroatoms. The van der Waals surface area contributed by atoms with Crippen molar-refractivity contribution in [2.24, 2.45) is 12.2 Å². The molecule has 0 aliphatic heterocycles. The smallest absolute Gasteiger partial charge is 0.136 e. The molecule has 0 fully saturated rings. The third-order valence-corrected chi connectivity index (χ3v) is 2.09. The van der Waals surface area contributed by atoms with Crippen LogP contribution in [0.3, 0.4) is 0 Å². The summed E-state index contributed by atoms with van der Waals surface area (Å²) in [5, 5.41) is 12.3. The van der Waals surface area contributed by atoms with Crippen LogP contribution in [0.15, 0.2) is 42.2 Å². The molecule has 0 saturated carbocycles. The number of pyridine rings is 1. The summed E-state index contributed by atoms with van der Waals surface area (Å²) in [6.07, 6.45) is 6.60. The van der Waals surface area contributed by atoms with E-state index in [9.17, 15) is 0 Å². The lowest BCUT2D eigenvalue weighted by molar-refractivity contribution is 0.319. The average Bonchev–Trinajstić information content (AvgIpc) is 2.68. The maximum atomic E-state index is 8.99. The highest BCUT2D eigenvalue weighted by atomic mass is 16.4. The second-order valence-electron chi connectivity index (χ2n) is 3.08. The first-order chi connectivity index (χ1) is 7.33. The van der Waals surface area contributed by atoms with E-state index in [1.165, 1.54) is 0 Å². The van der Waals surface area contributed by atoms with Gasteiger partial charge in [-0.25, -0.2) is 4.98 Å². The Balaban J connectivity index is 2.48. The Labute approximate surface area is 86.7 Å². The predicted octanol–water partition coefficient (Wildman–Crippen LogP) is 1.04. The van der Waals surface area contributed by atoms with Gasteiger partial charge >= 0.3 is 0 Å². The van der Waals surface area contributed by atoms with E-state index in [2.05, 4.69) is 15.1 Å². The molecule has 0 aliphatic rings. The van der Waals surface area contributed by atoms with Crippen LogP contribution in [0.4, 0.5) is 0 Å². The van der Waals surface area contributed by atoms with Crippen LogP contribution in [0.5, 0.6) is 0 Å². The van der Waals surface area contributed by atoms with Crippen molar-refractivity contribution in [2.75, 3.05) is 0 Å². The molecule has 76 valence electrons. The molecule has 2 rings (SSSR count). The molecule has 2 aromatic heterocycles. The van der Waals surface area contributed by atoms with E-state index >= 15 is 0 Å². The van der Waals surface area contributed by atoms with Gasteiger partial charge in [0.2, 0.25) is 0 Å². The molecule has 0 bridgehead atoms. The SMILES string of the molecule is Cn1cncc1/C(=N/O)c1cccnc1. The number of aromatic nitrogens is 3. The van der Waals surface area contributed by atoms with Crippen molar-refractivity contribution in [1.82, 2.24) is 14.5 Å². The molecule has 0 saturated heterocycles. The molecule has 0 aromatic carbocycles. The number of hydrogen-bond donors (Lipinski definition) is 1. The molecule has 0 atom stereocenters. The number of oxime groups is 1. The first kappa shape index (κ1) is 9.39. The maximum Gasteiger partial charge on any atom is 0.136 e. The Kier molecular flexibility index (Phi) is 2.45. The summed E-state index contributed by atoms with van der Waals surface area (Å²) in [6.45, 7) is 0. The van der Waals surface area contributed by atoms with Gasteiger partial charge in [-0.05, 0) is 12.1 Å². The summed E-state index contributed by atoms with van der Waals surface area (Å²) in [5.74, 6) is 0. The van der Waals surface area contributed by atoms with Crippen molar-refractivity contribution in [1.29, 1.82) is 0 Å². The number of nitrogens with zero attached hydrogens (tertiary/aromatic N) is 4. The first-order valence-corrected chi connectivity index (χ1v) is 4.42. The molecule has 0 unspecified atom stereocenters. The Morgan fingerprint density at radius 3 is 2.80 bits per heavy atom. The third kappa shape index (κ3) is 1.71. The number of hydrogen-bond acceptors (Lipinski definition) is 4. The minimum absolute atomic E-state index is 0.461. The molecular weight excluding hydrogens is 192 g/mol. The Morgan fingerprint density at radius 1 is 1.40 bits per heavy atom. The zero-order chi connectivity index (χ0) is 10.7. The summed E-state index contributed by atoms with van der Waals surface area (Å²) >= 11 is 0. The van der Waals surface area contributed by atoms with Crippen molar-refractivity contribution in [3.05, 3.63) is 48.3 Å². The molecule has 0 spiro atoms. The number of rotatable bonds is 2. The average molecular weight is 202 g/mol. The van der Waals surface area contributed by atoms with Gasteiger partial charge in [0.25, 0.3) is 0 Å². The van der Waals surface area contributed by atoms with E-state index in [4.69, 9.17) is 5.21 Å². The van der Waals surface area contributed by atoms with Crippen molar-refractivity contribution < 1.29 is 5.21 Å². The zero-order valence-electron chi connectivity index (χ0n) is 8.20. The van der Waals surface area contributed by atoms with E-state index in [1.807, 2.05) is 13.1 Å². The summed E-state index contributed by atoms with van der Waals surface area (Å²) in [7, 11) is 1.84. The number of aryl methyl sites for hydroxylation is 1. The normalized spacial score (nSPS) is 11.7. The standard InChI is InChI=1S/C10H10N4O/c1-14-7-12-6-9(14)10(13-15)8-3-2-4-11-5-8/h2-7,15H,1H3/b13-10+. The minimum atomic E-state index is 0.461. The van der Waals surface area contributed by atoms with Gasteiger partial charge in [-0.15, -0.1) is 0 Å². The molecule has 5 nitrogen and oxygen atoms in total. The molecular formula is C10H10N4O. The van der Waals surface area contributed by atoms with Gasteiger partial charge in [0.05, 0.1) is 18.2 Å². The van der Waals surface area contributed by atoms with Crippen molar-refractivity contribution in [2.45, 2.75) is 0 Å². The van der Waals surface area contributed by atoms with Crippen molar-refractivity contribution >= 4 is 5.71 Å². The van der Waals surface area contributed by atoms with Gasteiger partial charge < -0.3 is 9.77 Å². The summed E-state index contributed by atoms with van der Waals surface area (Å²) < 4.78 is 1.78.